The van der Waals surface area contributed by atoms with E-state index in [-0.39, 0.29) is 5.82 Å². The molecule has 0 saturated carbocycles. The zero-order chi connectivity index (χ0) is 22.1. The van der Waals surface area contributed by atoms with Crippen LogP contribution >= 0.6 is 0 Å². The molecule has 0 spiro atoms. The Balaban J connectivity index is 2.32. The summed E-state index contributed by atoms with van der Waals surface area (Å²) < 4.78 is 13.8. The first-order valence-electron chi connectivity index (χ1n) is 9.91. The second-order valence-electron chi connectivity index (χ2n) is 6.96. The number of aryl methyl sites for hydroxylation is 2. The van der Waals surface area contributed by atoms with Crippen LogP contribution in [-0.4, -0.2) is 17.8 Å². The number of hydrogen-bond donors (Lipinski definition) is 1. The maximum atomic E-state index is 13.8. The molecule has 0 amide bonds. The van der Waals surface area contributed by atoms with Crippen molar-refractivity contribution in [3.63, 3.8) is 0 Å². The van der Waals surface area contributed by atoms with Crippen LogP contribution < -0.4 is 5.32 Å². The smallest absolute Gasteiger partial charge is 0.151 e. The van der Waals surface area contributed by atoms with E-state index in [4.69, 9.17) is 0 Å². The maximum Gasteiger partial charge on any atom is 0.151 e. The number of carbonyl (C=O) groups is 1. The largest absolute Gasteiger partial charge is 0.339 e. The van der Waals surface area contributed by atoms with Crippen LogP contribution in [-0.2, 0) is 6.42 Å². The normalized spacial score (nSPS) is 13.1. The summed E-state index contributed by atoms with van der Waals surface area (Å²) in [4.78, 5) is 20.1. The minimum absolute atomic E-state index is 0.233. The highest BCUT2D eigenvalue weighted by Crippen LogP contribution is 2.18. The van der Waals surface area contributed by atoms with Crippen LogP contribution in [0.15, 0.2) is 64.9 Å². The molecule has 0 aliphatic rings. The Morgan fingerprint density at radius 1 is 1.13 bits per heavy atom. The molecular weight excluding hydrogens is 377 g/mol. The van der Waals surface area contributed by atoms with Crippen LogP contribution in [0.3, 0.4) is 0 Å². The first-order valence-corrected chi connectivity index (χ1v) is 9.91. The Kier molecular flexibility index (Phi) is 8.41. The molecule has 30 heavy (non-hydrogen) atoms. The van der Waals surface area contributed by atoms with Gasteiger partial charge in [0.25, 0.3) is 0 Å². The fourth-order valence-corrected chi connectivity index (χ4v) is 2.77. The highest BCUT2D eigenvalue weighted by atomic mass is 19.1. The SMILES string of the molecule is C/C=C\N=C(Nc1ccc(C=O)c(CC)c1)C(C)=N/C=C(\C)c1ccc(C)c(F)c1. The summed E-state index contributed by atoms with van der Waals surface area (Å²) in [7, 11) is 0. The van der Waals surface area contributed by atoms with E-state index < -0.39 is 0 Å². The van der Waals surface area contributed by atoms with Gasteiger partial charge in [0.15, 0.2) is 5.84 Å². The Morgan fingerprint density at radius 3 is 2.53 bits per heavy atom. The number of halogens is 1. The van der Waals surface area contributed by atoms with Gasteiger partial charge in [0.05, 0.1) is 5.71 Å². The van der Waals surface area contributed by atoms with Crippen LogP contribution in [0, 0.1) is 12.7 Å². The lowest BCUT2D eigenvalue weighted by Gasteiger charge is -2.11. The predicted octanol–water partition coefficient (Wildman–Crippen LogP) is 6.37. The summed E-state index contributed by atoms with van der Waals surface area (Å²) in [5.74, 6) is 0.358. The molecule has 0 aliphatic carbocycles. The highest BCUT2D eigenvalue weighted by molar-refractivity contribution is 6.45. The molecule has 0 unspecified atom stereocenters. The molecule has 4 nitrogen and oxygen atoms in total. The van der Waals surface area contributed by atoms with Gasteiger partial charge in [-0.2, -0.15) is 0 Å². The van der Waals surface area contributed by atoms with E-state index in [0.717, 1.165) is 35.1 Å². The van der Waals surface area contributed by atoms with Gasteiger partial charge in [0, 0.05) is 23.7 Å². The summed E-state index contributed by atoms with van der Waals surface area (Å²) in [6, 6.07) is 10.7. The number of rotatable bonds is 7. The third-order valence-corrected chi connectivity index (χ3v) is 4.69. The Hall–Kier alpha value is -3.34. The number of amidine groups is 1. The lowest BCUT2D eigenvalue weighted by atomic mass is 10.1. The zero-order valence-electron chi connectivity index (χ0n) is 18.2. The molecule has 2 aromatic carbocycles. The lowest BCUT2D eigenvalue weighted by Crippen LogP contribution is -2.20. The minimum atomic E-state index is -0.233. The number of aliphatic imine (C=N–C) groups is 2. The topological polar surface area (TPSA) is 53.8 Å². The van der Waals surface area contributed by atoms with E-state index in [9.17, 15) is 9.18 Å². The van der Waals surface area contributed by atoms with Crippen molar-refractivity contribution in [3.8, 4) is 0 Å². The van der Waals surface area contributed by atoms with Crippen molar-refractivity contribution in [2.24, 2.45) is 9.98 Å². The summed E-state index contributed by atoms with van der Waals surface area (Å²) >= 11 is 0. The quantitative estimate of drug-likeness (QED) is 0.330. The first-order chi connectivity index (χ1) is 14.4. The van der Waals surface area contributed by atoms with Gasteiger partial charge in [-0.1, -0.05) is 25.1 Å². The van der Waals surface area contributed by atoms with E-state index in [1.165, 1.54) is 6.07 Å². The molecule has 0 bridgehead atoms. The molecule has 156 valence electrons. The molecule has 1 N–H and O–H groups in total. The second-order valence-corrected chi connectivity index (χ2v) is 6.96. The van der Waals surface area contributed by atoms with Crippen LogP contribution in [0.5, 0.6) is 0 Å². The second kappa shape index (κ2) is 11.0. The van der Waals surface area contributed by atoms with Crippen LogP contribution in [0.25, 0.3) is 5.57 Å². The zero-order valence-corrected chi connectivity index (χ0v) is 18.2. The van der Waals surface area contributed by atoms with Crippen molar-refractivity contribution in [2.75, 3.05) is 5.32 Å². The Morgan fingerprint density at radius 2 is 1.90 bits per heavy atom. The fourth-order valence-electron chi connectivity index (χ4n) is 2.77. The van der Waals surface area contributed by atoms with Crippen molar-refractivity contribution in [1.29, 1.82) is 0 Å². The van der Waals surface area contributed by atoms with E-state index >= 15 is 0 Å². The average molecular weight is 406 g/mol. The van der Waals surface area contributed by atoms with Crippen LogP contribution in [0.2, 0.25) is 0 Å². The number of nitrogens with one attached hydrogen (secondary N) is 1. The number of benzene rings is 2. The monoisotopic (exact) mass is 405 g/mol. The van der Waals surface area contributed by atoms with Crippen LogP contribution in [0.4, 0.5) is 10.1 Å². The van der Waals surface area contributed by atoms with Crippen molar-refractivity contribution in [1.82, 2.24) is 0 Å². The number of aldehydes is 1. The fraction of sp³-hybridized carbons (Fsp3) is 0.240. The van der Waals surface area contributed by atoms with Gasteiger partial charge in [-0.3, -0.25) is 9.79 Å². The summed E-state index contributed by atoms with van der Waals surface area (Å²) in [5.41, 5.74) is 5.41. The number of carbonyl (C=O) groups excluding carboxylic acids is 1. The summed E-state index contributed by atoms with van der Waals surface area (Å²) in [5, 5.41) is 3.28. The van der Waals surface area contributed by atoms with Crippen molar-refractivity contribution in [2.45, 2.75) is 41.0 Å². The van der Waals surface area contributed by atoms with E-state index in [2.05, 4.69) is 15.3 Å². The number of allylic oxidation sites excluding steroid dienone is 2. The molecule has 0 radical (unpaired) electrons. The van der Waals surface area contributed by atoms with Gasteiger partial charge in [-0.25, -0.2) is 9.38 Å². The highest BCUT2D eigenvalue weighted by Gasteiger charge is 2.07. The number of nitrogens with zero attached hydrogens (tertiary/aromatic N) is 2. The molecule has 0 fully saturated rings. The van der Waals surface area contributed by atoms with Crippen LogP contribution in [0.1, 0.15) is 54.7 Å². The van der Waals surface area contributed by atoms with Gasteiger partial charge in [-0.05, 0) is 80.6 Å². The molecule has 5 heteroatoms. The van der Waals surface area contributed by atoms with Gasteiger partial charge >= 0.3 is 0 Å². The third-order valence-electron chi connectivity index (χ3n) is 4.69. The molecule has 0 aromatic heterocycles. The van der Waals surface area contributed by atoms with E-state index in [0.29, 0.717) is 22.7 Å². The van der Waals surface area contributed by atoms with E-state index in [1.54, 1.807) is 31.5 Å². The summed E-state index contributed by atoms with van der Waals surface area (Å²) in [6.07, 6.45) is 6.85. The molecule has 0 atom stereocenters. The van der Waals surface area contributed by atoms with E-state index in [1.807, 2.05) is 52.0 Å². The first kappa shape index (κ1) is 22.9. The maximum absolute atomic E-state index is 13.8. The minimum Gasteiger partial charge on any atom is -0.339 e. The average Bonchev–Trinajstić information content (AvgIpc) is 2.76. The van der Waals surface area contributed by atoms with Gasteiger partial charge in [0.2, 0.25) is 0 Å². The Bertz CT molecular complexity index is 1030. The molecule has 2 aromatic rings. The van der Waals surface area contributed by atoms with Gasteiger partial charge in [-0.15, -0.1) is 0 Å². The van der Waals surface area contributed by atoms with Gasteiger partial charge in [0.1, 0.15) is 12.1 Å². The van der Waals surface area contributed by atoms with Gasteiger partial charge < -0.3 is 5.32 Å². The molecule has 2 rings (SSSR count). The Labute approximate surface area is 178 Å². The van der Waals surface area contributed by atoms with Crippen molar-refractivity contribution in [3.05, 3.63) is 82.9 Å². The molecule has 0 heterocycles. The van der Waals surface area contributed by atoms with Crippen molar-refractivity contribution < 1.29 is 9.18 Å². The standard InChI is InChI=1S/C25H28FN3O/c1-6-12-27-25(29-23-11-10-22(16-30)20(7-2)13-23)19(5)28-15-18(4)21-9-8-17(3)24(26)14-21/h6,8-16H,7H2,1-5H3,(H,27,29)/b12-6-,18-15+,28-19?. The predicted molar refractivity (Wildman–Crippen MR) is 125 cm³/mol. The third kappa shape index (κ3) is 6.08. The van der Waals surface area contributed by atoms with Crippen molar-refractivity contribution >= 4 is 29.1 Å². The molecule has 0 aliphatic heterocycles. The lowest BCUT2D eigenvalue weighted by molar-refractivity contribution is 0.112. The number of anilines is 1. The molecular formula is C25H28FN3O. The summed E-state index contributed by atoms with van der Waals surface area (Å²) in [6.45, 7) is 9.38. The number of hydrogen-bond acceptors (Lipinski definition) is 3. The molecule has 0 saturated heterocycles.